The van der Waals surface area contributed by atoms with E-state index in [-0.39, 0.29) is 85.1 Å². The second-order valence-electron chi connectivity index (χ2n) is 29.6. The number of benzene rings is 8. The van der Waals surface area contributed by atoms with E-state index in [0.29, 0.717) is 25.0 Å². The number of fused-ring (bicyclic) bond motifs is 5. The van der Waals surface area contributed by atoms with Crippen LogP contribution in [-0.2, 0) is 56.9 Å². The van der Waals surface area contributed by atoms with Gasteiger partial charge in [0.1, 0.15) is 48.8 Å². The second kappa shape index (κ2) is 34.0. The summed E-state index contributed by atoms with van der Waals surface area (Å²) in [5.41, 5.74) is 2.01. The number of hydrogen-bond donors (Lipinski definition) is 0. The number of esters is 7. The average molecular weight is 1510 g/mol. The lowest BCUT2D eigenvalue weighted by atomic mass is 9.47. The quantitative estimate of drug-likeness (QED) is 0.0309. The minimum absolute atomic E-state index is 0.000537. The molecule has 8 aromatic carbocycles. The molecule has 4 aliphatic carbocycles. The van der Waals surface area contributed by atoms with Crippen molar-refractivity contribution in [3.8, 4) is 11.5 Å². The van der Waals surface area contributed by atoms with Crippen LogP contribution in [0.3, 0.4) is 0 Å². The number of carbonyl (C=O) groups is 8. The summed E-state index contributed by atoms with van der Waals surface area (Å²) in [6, 6.07) is 61.6. The molecular formula is C90H88O21. The van der Waals surface area contributed by atoms with Crippen molar-refractivity contribution in [1.29, 1.82) is 0 Å². The molecule has 0 spiro atoms. The van der Waals surface area contributed by atoms with E-state index in [2.05, 4.69) is 19.9 Å². The largest absolute Gasteiger partial charge is 0.497 e. The predicted octanol–water partition coefficient (Wildman–Crippen LogP) is 14.6. The van der Waals surface area contributed by atoms with Crippen LogP contribution >= 0.6 is 0 Å². The molecule has 3 saturated carbocycles. The molecule has 0 amide bonds. The van der Waals surface area contributed by atoms with Gasteiger partial charge in [-0.15, -0.1) is 0 Å². The summed E-state index contributed by atoms with van der Waals surface area (Å²) in [5.74, 6) is -4.56. The Balaban J connectivity index is 0.868. The maximum Gasteiger partial charge on any atom is 0.338 e. The van der Waals surface area contributed by atoms with Gasteiger partial charge in [0, 0.05) is 11.5 Å². The van der Waals surface area contributed by atoms with Crippen LogP contribution in [0.1, 0.15) is 150 Å². The number of methoxy groups -OCH3 is 2. The third-order valence-corrected chi connectivity index (χ3v) is 23.2. The lowest BCUT2D eigenvalue weighted by Crippen LogP contribution is -2.67. The predicted molar refractivity (Wildman–Crippen MR) is 402 cm³/mol. The lowest BCUT2D eigenvalue weighted by molar-refractivity contribution is -0.360. The first-order valence-electron chi connectivity index (χ1n) is 37.7. The zero-order chi connectivity index (χ0) is 77.3. The van der Waals surface area contributed by atoms with Crippen LogP contribution in [0.25, 0.3) is 0 Å². The molecule has 0 unspecified atom stereocenters. The molecule has 0 radical (unpaired) electrons. The smallest absolute Gasteiger partial charge is 0.338 e. The van der Waals surface area contributed by atoms with Gasteiger partial charge in [-0.25, -0.2) is 33.6 Å². The fourth-order valence-electron chi connectivity index (χ4n) is 17.8. The molecule has 18 atom stereocenters. The van der Waals surface area contributed by atoms with Crippen LogP contribution in [0.15, 0.2) is 242 Å². The first-order chi connectivity index (χ1) is 53.9. The maximum atomic E-state index is 15.3. The van der Waals surface area contributed by atoms with Gasteiger partial charge in [-0.1, -0.05) is 153 Å². The van der Waals surface area contributed by atoms with Gasteiger partial charge in [-0.2, -0.15) is 0 Å². The van der Waals surface area contributed by atoms with Gasteiger partial charge < -0.3 is 61.6 Å². The molecule has 2 heterocycles. The summed E-state index contributed by atoms with van der Waals surface area (Å²) >= 11 is 0. The number of allylic oxidation sites excluding steroid dienone is 1. The zero-order valence-corrected chi connectivity index (χ0v) is 62.2. The average Bonchev–Trinajstić information content (AvgIpc) is 1.60. The monoisotopic (exact) mass is 1500 g/mol. The highest BCUT2D eigenvalue weighted by Gasteiger charge is 2.64. The lowest BCUT2D eigenvalue weighted by Gasteiger charge is -2.58. The van der Waals surface area contributed by atoms with E-state index >= 15 is 14.4 Å². The van der Waals surface area contributed by atoms with Crippen molar-refractivity contribution in [2.45, 2.75) is 139 Å². The highest BCUT2D eigenvalue weighted by atomic mass is 16.8. The van der Waals surface area contributed by atoms with E-state index in [4.69, 9.17) is 61.6 Å². The molecule has 2 saturated heterocycles. The standard InChI is InChI=1S/C90H88O21/c1-54(91)73-67(66-50-63(99-4)42-44-70(66)100-5)51-69-65-43-41-62-49-64(45-47-89(62,2)68(65)46-48-90(69,73)3)103-87-78(109-85(97)60-37-23-11-24-38-60)77(108-84(96)59-35-21-10-22-36-59)75(72(104-87)53-102-81(93)56-29-15-7-16-30-56)111-88-79(110-86(98)61-39-25-12-26-40-61)76(107-83(95)58-33-19-9-20-34-58)74(106-82(94)57-31-17-8-18-32-57)71(105-88)52-101-80(92)55-27-13-6-14-28-55/h6-42,44,50,64-65,67-69,71-79,87-88H,43,45-49,51-53H2,1-5H3/t64-,65+,67-,68-,69-,71+,72+,73-,74-,75+,76-,77-,78+,79+,87+,88-,89-,90-/m0/s1. The first kappa shape index (κ1) is 76.7. The Bertz CT molecular complexity index is 4640. The molecule has 5 fully saturated rings. The Morgan fingerprint density at radius 2 is 0.820 bits per heavy atom. The van der Waals surface area contributed by atoms with E-state index in [1.807, 2.05) is 18.2 Å². The Hall–Kier alpha value is -11.1. The zero-order valence-electron chi connectivity index (χ0n) is 62.2. The van der Waals surface area contributed by atoms with Crippen molar-refractivity contribution in [2.75, 3.05) is 27.4 Å². The molecule has 0 N–H and O–H groups in total. The number of ketones is 1. The molecule has 0 aromatic heterocycles. The number of ether oxygens (including phenoxy) is 13. The van der Waals surface area contributed by atoms with Crippen LogP contribution in [0.5, 0.6) is 11.5 Å². The van der Waals surface area contributed by atoms with Crippen LogP contribution in [-0.4, -0.2) is 143 Å². The fourth-order valence-corrected chi connectivity index (χ4v) is 17.8. The molecule has 0 bridgehead atoms. The summed E-state index contributed by atoms with van der Waals surface area (Å²) in [7, 11) is 3.30. The molecule has 21 heteroatoms. The molecule has 14 rings (SSSR count). The topological polar surface area (TPSA) is 257 Å². The summed E-state index contributed by atoms with van der Waals surface area (Å²) in [5, 5.41) is 0. The van der Waals surface area contributed by atoms with Crippen LogP contribution in [0.2, 0.25) is 0 Å². The Kier molecular flexibility index (Phi) is 23.5. The van der Waals surface area contributed by atoms with Crippen molar-refractivity contribution in [3.05, 3.63) is 287 Å². The fraction of sp³-hybridized carbons (Fsp3) is 0.356. The number of Topliss-reactive ketones (excluding diaryl/α,β-unsaturated/α-hetero) is 1. The highest BCUT2D eigenvalue weighted by Crippen LogP contribution is 2.69. The summed E-state index contributed by atoms with van der Waals surface area (Å²) < 4.78 is 85.5. The van der Waals surface area contributed by atoms with Gasteiger partial charge in [0.15, 0.2) is 43.1 Å². The minimum atomic E-state index is -2.09. The van der Waals surface area contributed by atoms with Crippen molar-refractivity contribution in [2.24, 2.45) is 34.5 Å². The SMILES string of the molecule is COc1ccc(OC)c([C@@H]2C[C@H]3[C@@H]4CC=C5C[C@@H](O[C@@H]6O[C@H](COC(=O)c7ccccc7)[C@@H](O[C@@H]7O[C@H](COC(=O)c8ccccc8)[C@H](OC(=O)c8ccccc8)[C@H](OC(=O)c8ccccc8)[C@H]7OC(=O)c7ccccc7)[C@H](OC(=O)c7ccccc7)[C@H]6OC(=O)c6ccccc6)CC[C@]5(C)[C@H]4CC[C@]3(C)[C@H]2C(C)=O)c1. The first-order valence-corrected chi connectivity index (χ1v) is 37.7. The molecule has 2 aliphatic heterocycles. The van der Waals surface area contributed by atoms with E-state index in [9.17, 15) is 24.0 Å². The normalized spacial score (nSPS) is 28.5. The summed E-state index contributed by atoms with van der Waals surface area (Å²) in [6.45, 7) is 4.92. The number of carbonyl (C=O) groups excluding carboxylic acids is 8. The maximum absolute atomic E-state index is 15.3. The molecule has 6 aliphatic rings. The van der Waals surface area contributed by atoms with Crippen LogP contribution in [0, 0.1) is 34.5 Å². The van der Waals surface area contributed by atoms with Crippen molar-refractivity contribution >= 4 is 47.6 Å². The van der Waals surface area contributed by atoms with Crippen LogP contribution < -0.4 is 9.47 Å². The third kappa shape index (κ3) is 16.5. The molecule has 574 valence electrons. The molecule has 8 aromatic rings. The van der Waals surface area contributed by atoms with Crippen molar-refractivity contribution in [3.63, 3.8) is 0 Å². The second-order valence-corrected chi connectivity index (χ2v) is 29.6. The van der Waals surface area contributed by atoms with E-state index < -0.39 is 123 Å². The number of hydrogen-bond acceptors (Lipinski definition) is 21. The Labute approximate surface area is 643 Å². The van der Waals surface area contributed by atoms with E-state index in [0.717, 1.165) is 37.0 Å². The van der Waals surface area contributed by atoms with Gasteiger partial charge in [0.25, 0.3) is 0 Å². The van der Waals surface area contributed by atoms with Crippen molar-refractivity contribution < 1.29 is 99.9 Å². The molecule has 21 nitrogen and oxygen atoms in total. The van der Waals surface area contributed by atoms with Gasteiger partial charge in [0.05, 0.1) is 59.3 Å². The highest BCUT2D eigenvalue weighted by molar-refractivity contribution is 5.93. The van der Waals surface area contributed by atoms with E-state index in [1.54, 1.807) is 161 Å². The Morgan fingerprint density at radius 3 is 1.24 bits per heavy atom. The van der Waals surface area contributed by atoms with Gasteiger partial charge in [-0.05, 0) is 189 Å². The van der Waals surface area contributed by atoms with E-state index in [1.165, 1.54) is 78.4 Å². The van der Waals surface area contributed by atoms with Gasteiger partial charge >= 0.3 is 41.8 Å². The third-order valence-electron chi connectivity index (χ3n) is 23.2. The Morgan fingerprint density at radius 1 is 0.423 bits per heavy atom. The molecule has 111 heavy (non-hydrogen) atoms. The van der Waals surface area contributed by atoms with Crippen molar-refractivity contribution in [1.82, 2.24) is 0 Å². The number of rotatable bonds is 24. The summed E-state index contributed by atoms with van der Waals surface area (Å²) in [6.07, 6.45) is -11.9. The van der Waals surface area contributed by atoms with Crippen LogP contribution in [0.4, 0.5) is 0 Å². The van der Waals surface area contributed by atoms with Gasteiger partial charge in [-0.3, -0.25) is 4.79 Å². The van der Waals surface area contributed by atoms with Gasteiger partial charge in [0.2, 0.25) is 0 Å². The summed E-state index contributed by atoms with van der Waals surface area (Å²) in [4.78, 5) is 118. The molecular weight excluding hydrogens is 1420 g/mol. The minimum Gasteiger partial charge on any atom is -0.497 e.